The number of benzene rings is 4. The van der Waals surface area contributed by atoms with Crippen molar-refractivity contribution in [3.8, 4) is 5.69 Å². The third-order valence-corrected chi connectivity index (χ3v) is 7.38. The molecule has 2 aromatic heterocycles. The van der Waals surface area contributed by atoms with E-state index >= 15 is 0 Å². The third kappa shape index (κ3) is 1.84. The van der Waals surface area contributed by atoms with Crippen LogP contribution >= 0.6 is 11.8 Å². The molecule has 0 amide bonds. The summed E-state index contributed by atoms with van der Waals surface area (Å²) < 4.78 is 4.94. The predicted octanol–water partition coefficient (Wildman–Crippen LogP) is 7.38. The third-order valence-electron chi connectivity index (χ3n) is 6.28. The van der Waals surface area contributed by atoms with Crippen LogP contribution in [0, 0.1) is 0 Å². The smallest absolute Gasteiger partial charge is 0.0688 e. The normalized spacial score (nSPS) is 13.0. The molecule has 1 aliphatic rings. The number of aromatic nitrogens is 2. The highest BCUT2D eigenvalue weighted by atomic mass is 32.2. The molecular weight excluding hydrogens is 372 g/mol. The Labute approximate surface area is 172 Å². The molecule has 0 fully saturated rings. The number of aryl methyl sites for hydroxylation is 1. The Morgan fingerprint density at radius 1 is 0.690 bits per heavy atom. The fraction of sp³-hybridized carbons (Fsp3) is 0.0769. The van der Waals surface area contributed by atoms with Gasteiger partial charge in [-0.25, -0.2) is 0 Å². The van der Waals surface area contributed by atoms with Crippen LogP contribution in [0.5, 0.6) is 0 Å². The summed E-state index contributed by atoms with van der Waals surface area (Å²) in [6, 6.07) is 28.9. The van der Waals surface area contributed by atoms with Crippen molar-refractivity contribution in [3.63, 3.8) is 0 Å². The molecule has 29 heavy (non-hydrogen) atoms. The first-order valence-electron chi connectivity index (χ1n) is 10.1. The predicted molar refractivity (Wildman–Crippen MR) is 124 cm³/mol. The van der Waals surface area contributed by atoms with Crippen molar-refractivity contribution in [2.75, 3.05) is 0 Å². The molecule has 3 heterocycles. The van der Waals surface area contributed by atoms with Crippen LogP contribution in [0.25, 0.3) is 49.3 Å². The number of hydrogen-bond acceptors (Lipinski definition) is 1. The zero-order valence-corrected chi connectivity index (χ0v) is 16.8. The minimum absolute atomic E-state index is 0.967. The van der Waals surface area contributed by atoms with E-state index < -0.39 is 0 Å². The standard InChI is InChI=1S/C26H18N2S/c1-2-27-18-11-5-3-9-16(18)24-21(27)15-23-26-25(24)17-10-4-6-12-19(17)28(26)20-13-7-8-14-22(20)29-23/h3-15H,2H2,1H3. The molecule has 0 saturated heterocycles. The molecule has 3 heteroatoms. The molecule has 6 aromatic rings. The summed E-state index contributed by atoms with van der Waals surface area (Å²) in [7, 11) is 0. The minimum atomic E-state index is 0.967. The lowest BCUT2D eigenvalue weighted by molar-refractivity contribution is 0.826. The molecule has 7 rings (SSSR count). The van der Waals surface area contributed by atoms with Crippen LogP contribution in [0.3, 0.4) is 0 Å². The molecule has 0 N–H and O–H groups in total. The fourth-order valence-electron chi connectivity index (χ4n) is 5.17. The van der Waals surface area contributed by atoms with Crippen molar-refractivity contribution in [1.82, 2.24) is 9.13 Å². The first-order chi connectivity index (χ1) is 14.4. The van der Waals surface area contributed by atoms with E-state index in [2.05, 4.69) is 94.9 Å². The summed E-state index contributed by atoms with van der Waals surface area (Å²) in [5.41, 5.74) is 6.58. The van der Waals surface area contributed by atoms with E-state index in [0.717, 1.165) is 6.54 Å². The highest BCUT2D eigenvalue weighted by Crippen LogP contribution is 2.50. The number of hydrogen-bond donors (Lipinski definition) is 0. The zero-order chi connectivity index (χ0) is 19.1. The lowest BCUT2D eigenvalue weighted by atomic mass is 10.1. The minimum Gasteiger partial charge on any atom is -0.341 e. The van der Waals surface area contributed by atoms with Gasteiger partial charge >= 0.3 is 0 Å². The van der Waals surface area contributed by atoms with Gasteiger partial charge in [0.05, 0.1) is 22.2 Å². The molecule has 4 aromatic carbocycles. The Morgan fingerprint density at radius 2 is 1.38 bits per heavy atom. The van der Waals surface area contributed by atoms with Gasteiger partial charge < -0.3 is 9.13 Å². The molecule has 0 bridgehead atoms. The molecule has 2 nitrogen and oxygen atoms in total. The van der Waals surface area contributed by atoms with Gasteiger partial charge in [0.25, 0.3) is 0 Å². The summed E-state index contributed by atoms with van der Waals surface area (Å²) in [6.07, 6.45) is 0. The highest BCUT2D eigenvalue weighted by molar-refractivity contribution is 7.99. The second kappa shape index (κ2) is 5.46. The second-order valence-electron chi connectivity index (χ2n) is 7.68. The first kappa shape index (κ1) is 15.7. The Morgan fingerprint density at radius 3 is 2.21 bits per heavy atom. The van der Waals surface area contributed by atoms with Gasteiger partial charge in [-0.2, -0.15) is 0 Å². The van der Waals surface area contributed by atoms with E-state index in [0.29, 0.717) is 0 Å². The van der Waals surface area contributed by atoms with Crippen LogP contribution in [0.2, 0.25) is 0 Å². The second-order valence-corrected chi connectivity index (χ2v) is 8.76. The van der Waals surface area contributed by atoms with E-state index in [4.69, 9.17) is 0 Å². The molecule has 0 radical (unpaired) electrons. The SMILES string of the molecule is CCn1c2ccccc2c2c3c4ccccc4n4c3c(cc21)Sc1ccccc1-4. The maximum Gasteiger partial charge on any atom is 0.0688 e. The van der Waals surface area contributed by atoms with Crippen molar-refractivity contribution in [2.45, 2.75) is 23.3 Å². The molecule has 0 unspecified atom stereocenters. The molecule has 0 aliphatic carbocycles. The topological polar surface area (TPSA) is 9.86 Å². The Bertz CT molecular complexity index is 1620. The number of rotatable bonds is 1. The lowest BCUT2D eigenvalue weighted by Gasteiger charge is -2.20. The molecule has 0 spiro atoms. The van der Waals surface area contributed by atoms with Crippen molar-refractivity contribution >= 4 is 55.4 Å². The molecular formula is C26H18N2S. The fourth-order valence-corrected chi connectivity index (χ4v) is 6.28. The largest absolute Gasteiger partial charge is 0.341 e. The van der Waals surface area contributed by atoms with Gasteiger partial charge in [-0.1, -0.05) is 60.3 Å². The van der Waals surface area contributed by atoms with E-state index in [1.54, 1.807) is 0 Å². The van der Waals surface area contributed by atoms with E-state index in [9.17, 15) is 0 Å². The molecule has 1 aliphatic heterocycles. The van der Waals surface area contributed by atoms with Crippen LogP contribution in [0.4, 0.5) is 0 Å². The van der Waals surface area contributed by atoms with Gasteiger partial charge in [-0.15, -0.1) is 0 Å². The first-order valence-corrected chi connectivity index (χ1v) is 10.9. The van der Waals surface area contributed by atoms with Crippen molar-refractivity contribution in [3.05, 3.63) is 78.9 Å². The maximum atomic E-state index is 2.48. The summed E-state index contributed by atoms with van der Waals surface area (Å²) in [6.45, 7) is 3.21. The van der Waals surface area contributed by atoms with Gasteiger partial charge in [0.2, 0.25) is 0 Å². The average molecular weight is 391 g/mol. The summed E-state index contributed by atoms with van der Waals surface area (Å²) in [5.74, 6) is 0. The highest BCUT2D eigenvalue weighted by Gasteiger charge is 2.26. The Kier molecular flexibility index (Phi) is 2.96. The van der Waals surface area contributed by atoms with E-state index in [-0.39, 0.29) is 0 Å². The Hall–Kier alpha value is -3.17. The van der Waals surface area contributed by atoms with Crippen LogP contribution in [0.15, 0.2) is 88.7 Å². The van der Waals surface area contributed by atoms with Gasteiger partial charge in [-0.05, 0) is 37.3 Å². The lowest BCUT2D eigenvalue weighted by Crippen LogP contribution is -2.01. The van der Waals surface area contributed by atoms with Crippen LogP contribution in [-0.2, 0) is 6.54 Å². The summed E-state index contributed by atoms with van der Waals surface area (Å²) >= 11 is 1.90. The molecule has 138 valence electrons. The van der Waals surface area contributed by atoms with Crippen LogP contribution in [0.1, 0.15) is 6.92 Å². The van der Waals surface area contributed by atoms with Crippen molar-refractivity contribution in [1.29, 1.82) is 0 Å². The van der Waals surface area contributed by atoms with E-state index in [1.807, 2.05) is 11.8 Å². The maximum absolute atomic E-state index is 2.48. The number of nitrogens with zero attached hydrogens (tertiary/aromatic N) is 2. The summed E-state index contributed by atoms with van der Waals surface area (Å²) in [5, 5.41) is 5.46. The van der Waals surface area contributed by atoms with Crippen LogP contribution < -0.4 is 0 Å². The van der Waals surface area contributed by atoms with Crippen molar-refractivity contribution < 1.29 is 0 Å². The van der Waals surface area contributed by atoms with Gasteiger partial charge in [0, 0.05) is 43.4 Å². The van der Waals surface area contributed by atoms with Gasteiger partial charge in [-0.3, -0.25) is 0 Å². The van der Waals surface area contributed by atoms with E-state index in [1.165, 1.54) is 59.1 Å². The van der Waals surface area contributed by atoms with Gasteiger partial charge in [0.1, 0.15) is 0 Å². The summed E-state index contributed by atoms with van der Waals surface area (Å²) in [4.78, 5) is 2.67. The number of para-hydroxylation sites is 3. The monoisotopic (exact) mass is 390 g/mol. The quantitative estimate of drug-likeness (QED) is 0.284. The van der Waals surface area contributed by atoms with Crippen molar-refractivity contribution in [2.24, 2.45) is 0 Å². The van der Waals surface area contributed by atoms with Gasteiger partial charge in [0.15, 0.2) is 0 Å². The number of fused-ring (bicyclic) bond motifs is 9. The average Bonchev–Trinajstić information content (AvgIpc) is 3.28. The zero-order valence-electron chi connectivity index (χ0n) is 16.0. The van der Waals surface area contributed by atoms with Crippen LogP contribution in [-0.4, -0.2) is 9.13 Å². The molecule has 0 saturated carbocycles. The molecule has 0 atom stereocenters. The Balaban J connectivity index is 1.85.